The Hall–Kier alpha value is -0.103. The molecule has 2 N–H and O–H groups in total. The van der Waals surface area contributed by atoms with Crippen LogP contribution in [0.1, 0.15) is 0 Å². The summed E-state index contributed by atoms with van der Waals surface area (Å²) < 4.78 is 29.4. The minimum Gasteiger partial charge on any atom is -0.394 e. The van der Waals surface area contributed by atoms with Gasteiger partial charge in [0.25, 0.3) is 0 Å². The molecule has 0 amide bonds. The highest BCUT2D eigenvalue weighted by Gasteiger charge is 2.26. The van der Waals surface area contributed by atoms with Crippen molar-refractivity contribution in [2.24, 2.45) is 0 Å². The Bertz CT molecular complexity index is 177. The second-order valence-corrected chi connectivity index (χ2v) is 5.88. The Balaban J connectivity index is 0.000000296. The van der Waals surface area contributed by atoms with Crippen LogP contribution >= 0.6 is 0 Å². The van der Waals surface area contributed by atoms with Gasteiger partial charge in [0.05, 0.1) is 39.6 Å². The average molecular weight is 314 g/mol. The van der Waals surface area contributed by atoms with Crippen LogP contribution in [0.4, 0.5) is 0 Å². The molecule has 0 radical (unpaired) electrons. The minimum atomic E-state index is -1.67. The first-order valence-corrected chi connectivity index (χ1v) is 7.74. The first kappa shape index (κ1) is 19.9. The predicted octanol–water partition coefficient (Wildman–Crippen LogP) is -1.59. The van der Waals surface area contributed by atoms with Crippen LogP contribution in [0.5, 0.6) is 0 Å². The predicted molar refractivity (Wildman–Crippen MR) is 72.6 cm³/mol. The number of epoxide rings is 2. The third-order valence-electron chi connectivity index (χ3n) is 2.09. The zero-order chi connectivity index (χ0) is 15.2. The van der Waals surface area contributed by atoms with Gasteiger partial charge in [0.2, 0.25) is 0 Å². The van der Waals surface area contributed by atoms with Crippen LogP contribution in [0.15, 0.2) is 0 Å². The second kappa shape index (κ2) is 13.9. The highest BCUT2D eigenvalue weighted by atomic mass is 28.3. The lowest BCUT2D eigenvalue weighted by atomic mass is 10.5. The van der Waals surface area contributed by atoms with Crippen molar-refractivity contribution in [1.82, 2.24) is 0 Å². The van der Waals surface area contributed by atoms with E-state index in [0.717, 1.165) is 26.4 Å². The van der Waals surface area contributed by atoms with Crippen LogP contribution < -0.4 is 0 Å². The van der Waals surface area contributed by atoms with Gasteiger partial charge in [-0.15, -0.1) is 0 Å². The number of hydrogen-bond acceptors (Lipinski definition) is 8. The largest absolute Gasteiger partial charge is 0.483 e. The number of aliphatic hydroxyl groups excluding tert-OH is 2. The van der Waals surface area contributed by atoms with Gasteiger partial charge in [-0.1, -0.05) is 0 Å². The molecule has 20 heavy (non-hydrogen) atoms. The van der Waals surface area contributed by atoms with Crippen molar-refractivity contribution < 1.29 is 37.7 Å². The summed E-state index contributed by atoms with van der Waals surface area (Å²) in [6.45, 7) is 3.01. The van der Waals surface area contributed by atoms with Crippen molar-refractivity contribution in [3.05, 3.63) is 0 Å². The van der Waals surface area contributed by atoms with Crippen molar-refractivity contribution in [3.8, 4) is 0 Å². The van der Waals surface area contributed by atoms with Gasteiger partial charge in [0.1, 0.15) is 12.2 Å². The zero-order valence-corrected chi connectivity index (χ0v) is 13.5. The van der Waals surface area contributed by atoms with Gasteiger partial charge in [-0.3, -0.25) is 0 Å². The van der Waals surface area contributed by atoms with Crippen LogP contribution in [0, 0.1) is 0 Å². The molecule has 2 atom stereocenters. The minimum absolute atomic E-state index is 0.125. The third kappa shape index (κ3) is 14.3. The van der Waals surface area contributed by atoms with Crippen LogP contribution in [0.3, 0.4) is 0 Å². The molecule has 9 heteroatoms. The summed E-state index contributed by atoms with van der Waals surface area (Å²) in [5.41, 5.74) is 0. The summed E-state index contributed by atoms with van der Waals surface area (Å²) in [6, 6.07) is 0. The maximum absolute atomic E-state index is 7.62. The van der Waals surface area contributed by atoms with Crippen LogP contribution in [0.2, 0.25) is 0 Å². The van der Waals surface area contributed by atoms with E-state index in [1.165, 1.54) is 0 Å². The molecule has 0 aromatic heterocycles. The van der Waals surface area contributed by atoms with Crippen LogP contribution in [-0.2, 0) is 27.5 Å². The maximum atomic E-state index is 7.62. The van der Waals surface area contributed by atoms with E-state index in [0.29, 0.717) is 12.2 Å². The monoisotopic (exact) mass is 314 g/mol. The fourth-order valence-corrected chi connectivity index (χ4v) is 1.53. The van der Waals surface area contributed by atoms with E-state index < -0.39 is 9.53 Å². The second-order valence-electron chi connectivity index (χ2n) is 3.89. The molecule has 0 saturated carbocycles. The summed E-state index contributed by atoms with van der Waals surface area (Å²) in [5.74, 6) is 0. The van der Waals surface area contributed by atoms with E-state index in [1.54, 1.807) is 21.3 Å². The number of aliphatic hydroxyl groups is 2. The highest BCUT2D eigenvalue weighted by Crippen LogP contribution is 2.12. The van der Waals surface area contributed by atoms with Gasteiger partial charge in [0, 0.05) is 21.3 Å². The Morgan fingerprint density at radius 3 is 1.40 bits per heavy atom. The smallest absolute Gasteiger partial charge is 0.394 e. The Labute approximate surface area is 121 Å². The van der Waals surface area contributed by atoms with Gasteiger partial charge in [-0.05, 0) is 0 Å². The standard InChI is InChI=1S/C6H10O3.C3H10O3Si.C2H6O2/c1(5-3-8-5)7-2-6-4-9-6;1-4-7(5-2)6-3;3-1-2-4/h5-6H,1-4H2;7H,1-3H3;3-4H,1-2H2. The van der Waals surface area contributed by atoms with E-state index >= 15 is 0 Å². The molecule has 122 valence electrons. The molecule has 2 heterocycles. The first-order chi connectivity index (χ1) is 9.71. The topological polar surface area (TPSA) is 102 Å². The van der Waals surface area contributed by atoms with Crippen LogP contribution in [-0.4, -0.2) is 92.9 Å². The SMILES string of the molecule is C(OCC1CO1)C1CO1.CO[SiH](OC)OC.OCCO. The fraction of sp³-hybridized carbons (Fsp3) is 1.00. The molecule has 2 aliphatic rings. The molecule has 8 nitrogen and oxygen atoms in total. The summed E-state index contributed by atoms with van der Waals surface area (Å²) in [4.78, 5) is 0. The quantitative estimate of drug-likeness (QED) is 0.408. The summed E-state index contributed by atoms with van der Waals surface area (Å²) in [5, 5.41) is 15.2. The molecule has 0 spiro atoms. The van der Waals surface area contributed by atoms with Crippen molar-refractivity contribution in [2.45, 2.75) is 12.2 Å². The Kier molecular flexibility index (Phi) is 13.8. The summed E-state index contributed by atoms with van der Waals surface area (Å²) in [7, 11) is 3.05. The molecule has 2 rings (SSSR count). The molecule has 2 unspecified atom stereocenters. The first-order valence-electron chi connectivity index (χ1n) is 6.32. The summed E-state index contributed by atoms with van der Waals surface area (Å²) >= 11 is 0. The average Bonchev–Trinajstić information content (AvgIpc) is 3.37. The van der Waals surface area contributed by atoms with E-state index in [1.807, 2.05) is 0 Å². The van der Waals surface area contributed by atoms with E-state index in [9.17, 15) is 0 Å². The number of ether oxygens (including phenoxy) is 3. The van der Waals surface area contributed by atoms with Gasteiger partial charge >= 0.3 is 9.53 Å². The fourth-order valence-electron chi connectivity index (χ4n) is 0.948. The maximum Gasteiger partial charge on any atom is 0.483 e. The van der Waals surface area contributed by atoms with E-state index in [4.69, 9.17) is 37.7 Å². The van der Waals surface area contributed by atoms with E-state index in [-0.39, 0.29) is 13.2 Å². The molecule has 0 aliphatic carbocycles. The zero-order valence-electron chi connectivity index (χ0n) is 12.3. The lowest BCUT2D eigenvalue weighted by Crippen LogP contribution is -2.21. The van der Waals surface area contributed by atoms with Gasteiger partial charge in [0.15, 0.2) is 0 Å². The lowest BCUT2D eigenvalue weighted by Gasteiger charge is -2.05. The molecular weight excluding hydrogens is 288 g/mol. The molecule has 2 saturated heterocycles. The molecule has 2 aliphatic heterocycles. The van der Waals surface area contributed by atoms with Crippen molar-refractivity contribution in [3.63, 3.8) is 0 Å². The lowest BCUT2D eigenvalue weighted by molar-refractivity contribution is 0.102. The van der Waals surface area contributed by atoms with Crippen molar-refractivity contribution in [2.75, 3.05) is 61.0 Å². The van der Waals surface area contributed by atoms with Gasteiger partial charge < -0.3 is 37.7 Å². The van der Waals surface area contributed by atoms with Gasteiger partial charge in [-0.25, -0.2) is 0 Å². The van der Waals surface area contributed by atoms with Crippen molar-refractivity contribution >= 4 is 9.53 Å². The van der Waals surface area contributed by atoms with Crippen molar-refractivity contribution in [1.29, 1.82) is 0 Å². The Morgan fingerprint density at radius 2 is 1.25 bits per heavy atom. The normalized spacial score (nSPS) is 22.5. The number of rotatable bonds is 8. The van der Waals surface area contributed by atoms with Crippen LogP contribution in [0.25, 0.3) is 0 Å². The highest BCUT2D eigenvalue weighted by molar-refractivity contribution is 6.36. The molecule has 0 bridgehead atoms. The van der Waals surface area contributed by atoms with E-state index in [2.05, 4.69) is 0 Å². The van der Waals surface area contributed by atoms with Gasteiger partial charge in [-0.2, -0.15) is 0 Å². The summed E-state index contributed by atoms with van der Waals surface area (Å²) in [6.07, 6.45) is 0.785. The Morgan fingerprint density at radius 1 is 0.900 bits per heavy atom. The number of hydrogen-bond donors (Lipinski definition) is 2. The molecule has 2 fully saturated rings. The molecular formula is C11H26O8Si. The molecule has 0 aromatic rings. The molecule has 0 aromatic carbocycles. The third-order valence-corrected chi connectivity index (χ3v) is 3.24.